The SMILES string of the molecule is Cc1ccc(O)c(I)n1.Cc1ccc(OCC(=O)O)c(I)n1. The number of nitrogens with zero attached hydrogens (tertiary/aromatic N) is 2. The summed E-state index contributed by atoms with van der Waals surface area (Å²) in [7, 11) is 0. The zero-order valence-corrected chi connectivity index (χ0v) is 16.2. The van der Waals surface area contributed by atoms with Crippen LogP contribution in [0.1, 0.15) is 11.4 Å². The van der Waals surface area contributed by atoms with Gasteiger partial charge in [0.1, 0.15) is 13.2 Å². The van der Waals surface area contributed by atoms with Gasteiger partial charge in [0.05, 0.1) is 0 Å². The molecule has 0 atom stereocenters. The van der Waals surface area contributed by atoms with Crippen LogP contribution in [0.2, 0.25) is 0 Å². The van der Waals surface area contributed by atoms with Gasteiger partial charge in [-0.2, -0.15) is 0 Å². The molecular formula is C14H14I2N2O4. The number of pyridine rings is 2. The number of carboxylic acids is 1. The molecule has 0 amide bonds. The first-order chi connectivity index (χ1) is 10.3. The quantitative estimate of drug-likeness (QED) is 0.470. The molecule has 0 aliphatic rings. The van der Waals surface area contributed by atoms with Crippen LogP contribution in [-0.2, 0) is 4.79 Å². The second-order valence-corrected chi connectivity index (χ2v) is 6.23. The first-order valence-corrected chi connectivity index (χ1v) is 8.25. The molecule has 8 heteroatoms. The van der Waals surface area contributed by atoms with Crippen LogP contribution in [0.15, 0.2) is 24.3 Å². The number of aromatic nitrogens is 2. The molecule has 2 heterocycles. The number of carboxylic acid groups (broad SMARTS) is 1. The molecule has 2 aromatic heterocycles. The molecule has 0 spiro atoms. The lowest BCUT2D eigenvalue weighted by Crippen LogP contribution is -2.10. The summed E-state index contributed by atoms with van der Waals surface area (Å²) in [6, 6.07) is 6.91. The minimum absolute atomic E-state index is 0.251. The Hall–Kier alpha value is -1.17. The van der Waals surface area contributed by atoms with Gasteiger partial charge in [0.2, 0.25) is 0 Å². The number of hydrogen-bond acceptors (Lipinski definition) is 5. The molecule has 0 aliphatic carbocycles. The molecule has 0 bridgehead atoms. The first kappa shape index (κ1) is 18.9. The summed E-state index contributed by atoms with van der Waals surface area (Å²) in [5.74, 6) is -0.230. The van der Waals surface area contributed by atoms with Crippen molar-refractivity contribution >= 4 is 51.2 Å². The van der Waals surface area contributed by atoms with E-state index >= 15 is 0 Å². The van der Waals surface area contributed by atoms with Crippen LogP contribution in [0.4, 0.5) is 0 Å². The van der Waals surface area contributed by atoms with E-state index in [4.69, 9.17) is 14.9 Å². The molecule has 0 aromatic carbocycles. The summed E-state index contributed by atoms with van der Waals surface area (Å²) in [5, 5.41) is 17.3. The fourth-order valence-electron chi connectivity index (χ4n) is 1.28. The van der Waals surface area contributed by atoms with Crippen molar-refractivity contribution in [3.63, 3.8) is 0 Å². The van der Waals surface area contributed by atoms with E-state index in [1.165, 1.54) is 0 Å². The molecule has 6 nitrogen and oxygen atoms in total. The molecule has 0 unspecified atom stereocenters. The van der Waals surface area contributed by atoms with Gasteiger partial charge in [0.25, 0.3) is 0 Å². The Labute approximate surface area is 155 Å². The summed E-state index contributed by atoms with van der Waals surface area (Å²) in [4.78, 5) is 18.3. The average molecular weight is 528 g/mol. The fourth-order valence-corrected chi connectivity index (χ4v) is 2.55. The van der Waals surface area contributed by atoms with E-state index in [1.807, 2.05) is 59.0 Å². The molecule has 0 aliphatic heterocycles. The van der Waals surface area contributed by atoms with Crippen molar-refractivity contribution in [2.75, 3.05) is 6.61 Å². The highest BCUT2D eigenvalue weighted by Gasteiger charge is 2.04. The molecule has 0 saturated heterocycles. The highest BCUT2D eigenvalue weighted by Crippen LogP contribution is 2.18. The third-order valence-electron chi connectivity index (χ3n) is 2.27. The lowest BCUT2D eigenvalue weighted by molar-refractivity contribution is -0.139. The van der Waals surface area contributed by atoms with Gasteiger partial charge in [-0.25, -0.2) is 14.8 Å². The molecule has 2 aromatic rings. The molecule has 2 rings (SSSR count). The van der Waals surface area contributed by atoms with E-state index in [2.05, 4.69) is 9.97 Å². The van der Waals surface area contributed by atoms with Gasteiger partial charge in [-0.1, -0.05) is 0 Å². The van der Waals surface area contributed by atoms with Crippen molar-refractivity contribution in [2.45, 2.75) is 13.8 Å². The number of halogens is 2. The van der Waals surface area contributed by atoms with E-state index < -0.39 is 5.97 Å². The van der Waals surface area contributed by atoms with Gasteiger partial charge in [0.15, 0.2) is 12.4 Å². The maximum absolute atomic E-state index is 10.2. The summed E-state index contributed by atoms with van der Waals surface area (Å²) in [5.41, 5.74) is 1.81. The number of ether oxygens (including phenoxy) is 1. The van der Waals surface area contributed by atoms with Crippen molar-refractivity contribution < 1.29 is 19.7 Å². The Morgan fingerprint density at radius 3 is 2.09 bits per heavy atom. The number of aliphatic carboxylic acids is 1. The lowest BCUT2D eigenvalue weighted by Gasteiger charge is -2.04. The molecule has 118 valence electrons. The monoisotopic (exact) mass is 528 g/mol. The molecule has 22 heavy (non-hydrogen) atoms. The summed E-state index contributed by atoms with van der Waals surface area (Å²) >= 11 is 3.99. The Bertz CT molecular complexity index is 665. The maximum atomic E-state index is 10.2. The molecule has 0 fully saturated rings. The van der Waals surface area contributed by atoms with Crippen LogP contribution < -0.4 is 4.74 Å². The number of aromatic hydroxyl groups is 1. The predicted molar refractivity (Wildman–Crippen MR) is 98.2 cm³/mol. The van der Waals surface area contributed by atoms with Crippen LogP contribution in [-0.4, -0.2) is 32.8 Å². The standard InChI is InChI=1S/C8H8INO3.C6H6INO/c1-5-2-3-6(8(9)10-5)13-4-7(11)12;1-4-2-3-5(9)6(7)8-4/h2-3H,4H2,1H3,(H,11,12);2-3,9H,1H3. The molecule has 0 saturated carbocycles. The second-order valence-electron chi connectivity index (χ2n) is 4.19. The number of rotatable bonds is 3. The average Bonchev–Trinajstić information content (AvgIpc) is 2.43. The van der Waals surface area contributed by atoms with Crippen molar-refractivity contribution in [3.05, 3.63) is 43.1 Å². The Balaban J connectivity index is 0.000000235. The summed E-state index contributed by atoms with van der Waals surface area (Å²) in [6.07, 6.45) is 0. The minimum Gasteiger partial charge on any atom is -0.505 e. The maximum Gasteiger partial charge on any atom is 0.341 e. The topological polar surface area (TPSA) is 92.5 Å². The zero-order valence-electron chi connectivity index (χ0n) is 11.9. The van der Waals surface area contributed by atoms with Gasteiger partial charge < -0.3 is 14.9 Å². The van der Waals surface area contributed by atoms with Crippen molar-refractivity contribution in [1.82, 2.24) is 9.97 Å². The van der Waals surface area contributed by atoms with Crippen molar-refractivity contribution in [3.8, 4) is 11.5 Å². The third kappa shape index (κ3) is 6.73. The van der Waals surface area contributed by atoms with Gasteiger partial charge in [-0.05, 0) is 83.3 Å². The minimum atomic E-state index is -0.989. The van der Waals surface area contributed by atoms with Crippen LogP contribution in [0.3, 0.4) is 0 Å². The predicted octanol–water partition coefficient (Wildman–Crippen LogP) is 3.16. The van der Waals surface area contributed by atoms with E-state index in [-0.39, 0.29) is 12.4 Å². The van der Waals surface area contributed by atoms with Crippen molar-refractivity contribution in [1.29, 1.82) is 0 Å². The highest BCUT2D eigenvalue weighted by molar-refractivity contribution is 14.1. The molecule has 2 N–H and O–H groups in total. The van der Waals surface area contributed by atoms with Crippen molar-refractivity contribution in [2.24, 2.45) is 0 Å². The Morgan fingerprint density at radius 2 is 1.64 bits per heavy atom. The van der Waals surface area contributed by atoms with Gasteiger partial charge in [-0.3, -0.25) is 0 Å². The normalized spacial score (nSPS) is 9.64. The Kier molecular flexibility index (Phi) is 7.79. The van der Waals surface area contributed by atoms with Gasteiger partial charge >= 0.3 is 5.97 Å². The largest absolute Gasteiger partial charge is 0.505 e. The zero-order chi connectivity index (χ0) is 16.7. The number of carbonyl (C=O) groups is 1. The van der Waals surface area contributed by atoms with Crippen LogP contribution in [0.25, 0.3) is 0 Å². The van der Waals surface area contributed by atoms with E-state index in [0.29, 0.717) is 13.2 Å². The highest BCUT2D eigenvalue weighted by atomic mass is 127. The fraction of sp³-hybridized carbons (Fsp3) is 0.214. The smallest absolute Gasteiger partial charge is 0.341 e. The molecular weight excluding hydrogens is 514 g/mol. The number of aryl methyl sites for hydroxylation is 2. The molecule has 0 radical (unpaired) electrons. The van der Waals surface area contributed by atoms with Crippen LogP contribution in [0.5, 0.6) is 11.5 Å². The lowest BCUT2D eigenvalue weighted by atomic mass is 10.4. The third-order valence-corrected chi connectivity index (χ3v) is 3.84. The Morgan fingerprint density at radius 1 is 1.09 bits per heavy atom. The van der Waals surface area contributed by atoms with E-state index in [0.717, 1.165) is 11.4 Å². The van der Waals surface area contributed by atoms with E-state index in [1.54, 1.807) is 24.3 Å². The van der Waals surface area contributed by atoms with Crippen LogP contribution >= 0.6 is 45.2 Å². The van der Waals surface area contributed by atoms with Gasteiger partial charge in [0, 0.05) is 11.4 Å². The van der Waals surface area contributed by atoms with E-state index in [9.17, 15) is 4.79 Å². The number of hydrogen-bond donors (Lipinski definition) is 2. The van der Waals surface area contributed by atoms with Crippen LogP contribution in [0, 0.1) is 21.2 Å². The second kappa shape index (κ2) is 9.08. The van der Waals surface area contributed by atoms with Gasteiger partial charge in [-0.15, -0.1) is 0 Å². The summed E-state index contributed by atoms with van der Waals surface area (Å²) < 4.78 is 6.32. The first-order valence-electron chi connectivity index (χ1n) is 6.09. The summed E-state index contributed by atoms with van der Waals surface area (Å²) in [6.45, 7) is 3.42.